The zero-order valence-corrected chi connectivity index (χ0v) is 17.3. The molecule has 1 aliphatic carbocycles. The van der Waals surface area contributed by atoms with E-state index < -0.39 is 0 Å². The largest absolute Gasteiger partial charge is 0.370 e. The second kappa shape index (κ2) is 8.59. The summed E-state index contributed by atoms with van der Waals surface area (Å²) in [6, 6.07) is 0. The van der Waals surface area contributed by atoms with E-state index in [1.807, 2.05) is 11.3 Å². The van der Waals surface area contributed by atoms with E-state index in [9.17, 15) is 0 Å². The fourth-order valence-electron chi connectivity index (χ4n) is 4.58. The van der Waals surface area contributed by atoms with Crippen molar-refractivity contribution in [1.82, 2.24) is 9.97 Å². The molecular formula is C20H31N5O2S+2. The van der Waals surface area contributed by atoms with Gasteiger partial charge in [0, 0.05) is 4.88 Å². The maximum atomic E-state index is 5.50. The maximum Gasteiger partial charge on any atom is 0.187 e. The Kier molecular flexibility index (Phi) is 5.73. The summed E-state index contributed by atoms with van der Waals surface area (Å²) in [6.07, 6.45) is 3.65. The molecule has 0 amide bonds. The molecule has 2 aliphatic heterocycles. The van der Waals surface area contributed by atoms with Gasteiger partial charge in [0.05, 0.1) is 44.9 Å². The van der Waals surface area contributed by atoms with Gasteiger partial charge in [-0.25, -0.2) is 9.97 Å². The number of aryl methyl sites for hydroxylation is 2. The third kappa shape index (κ3) is 4.02. The maximum absolute atomic E-state index is 5.50. The van der Waals surface area contributed by atoms with Gasteiger partial charge in [0.1, 0.15) is 43.4 Å². The highest BCUT2D eigenvalue weighted by Gasteiger charge is 2.24. The Morgan fingerprint density at radius 1 is 0.929 bits per heavy atom. The van der Waals surface area contributed by atoms with Crippen LogP contribution in [-0.4, -0.2) is 75.7 Å². The molecule has 4 heterocycles. The molecule has 0 unspecified atom stereocenters. The lowest BCUT2D eigenvalue weighted by Crippen LogP contribution is -3.14. The van der Waals surface area contributed by atoms with E-state index in [2.05, 4.69) is 5.32 Å². The number of fused-ring (bicyclic) bond motifs is 3. The molecule has 3 N–H and O–H groups in total. The zero-order chi connectivity index (χ0) is 18.8. The number of ether oxygens (including phenoxy) is 2. The number of hydrogen-bond donors (Lipinski definition) is 3. The molecule has 5 rings (SSSR count). The highest BCUT2D eigenvalue weighted by atomic mass is 32.1. The van der Waals surface area contributed by atoms with E-state index in [0.717, 1.165) is 83.9 Å². The number of morpholine rings is 2. The summed E-state index contributed by atoms with van der Waals surface area (Å²) in [5.74, 6) is 2.05. The lowest BCUT2D eigenvalue weighted by molar-refractivity contribution is -0.922. The van der Waals surface area contributed by atoms with Crippen molar-refractivity contribution >= 4 is 27.4 Å². The third-order valence-electron chi connectivity index (χ3n) is 6.19. The molecule has 2 aromatic heterocycles. The standard InChI is InChI=1S/C20H29N5O2S/c1-2-15-16(3-1)28-20-18(15)19(21-4-5-24-6-10-26-11-7-24)22-17(23-20)14-25-8-12-27-13-9-25/h1-14H2,(H,21,22,23)/p+2. The van der Waals surface area contributed by atoms with Crippen LogP contribution >= 0.6 is 11.3 Å². The summed E-state index contributed by atoms with van der Waals surface area (Å²) in [7, 11) is 0. The molecule has 0 aromatic carbocycles. The highest BCUT2D eigenvalue weighted by Crippen LogP contribution is 2.39. The molecular weight excluding hydrogens is 374 g/mol. The SMILES string of the molecule is C1Cc2sc3nc(C[NH+]4CCOCC4)nc(NCC[NH+]4CCOCC4)c3c2C1. The van der Waals surface area contributed by atoms with Crippen LogP contribution in [0.1, 0.15) is 22.7 Å². The molecule has 0 spiro atoms. The predicted octanol–water partition coefficient (Wildman–Crippen LogP) is -1.08. The van der Waals surface area contributed by atoms with Crippen molar-refractivity contribution in [2.24, 2.45) is 0 Å². The number of rotatable bonds is 6. The molecule has 2 fully saturated rings. The first-order chi connectivity index (χ1) is 13.9. The Bertz CT molecular complexity index is 815. The Labute approximate surface area is 170 Å². The van der Waals surface area contributed by atoms with Crippen LogP contribution in [0.3, 0.4) is 0 Å². The van der Waals surface area contributed by atoms with Crippen molar-refractivity contribution < 1.29 is 19.3 Å². The van der Waals surface area contributed by atoms with Crippen LogP contribution < -0.4 is 15.1 Å². The van der Waals surface area contributed by atoms with Gasteiger partial charge in [0.2, 0.25) is 0 Å². The quantitative estimate of drug-likeness (QED) is 0.571. The van der Waals surface area contributed by atoms with Gasteiger partial charge in [0.25, 0.3) is 0 Å². The average Bonchev–Trinajstić information content (AvgIpc) is 3.30. The predicted molar refractivity (Wildman–Crippen MR) is 110 cm³/mol. The third-order valence-corrected chi connectivity index (χ3v) is 7.38. The van der Waals surface area contributed by atoms with Crippen LogP contribution in [0.25, 0.3) is 10.2 Å². The first-order valence-electron chi connectivity index (χ1n) is 10.7. The first kappa shape index (κ1) is 18.7. The number of thiophene rings is 1. The normalized spacial score (nSPS) is 21.3. The summed E-state index contributed by atoms with van der Waals surface area (Å²) in [4.78, 5) is 15.9. The van der Waals surface area contributed by atoms with Gasteiger partial charge < -0.3 is 24.6 Å². The van der Waals surface area contributed by atoms with Gasteiger partial charge in [-0.05, 0) is 24.8 Å². The van der Waals surface area contributed by atoms with Crippen molar-refractivity contribution in [3.63, 3.8) is 0 Å². The van der Waals surface area contributed by atoms with Crippen LogP contribution in [0.2, 0.25) is 0 Å². The lowest BCUT2D eigenvalue weighted by atomic mass is 10.2. The molecule has 0 saturated carbocycles. The first-order valence-corrected chi connectivity index (χ1v) is 11.6. The van der Waals surface area contributed by atoms with E-state index in [0.29, 0.717) is 0 Å². The van der Waals surface area contributed by atoms with E-state index >= 15 is 0 Å². The Balaban J connectivity index is 1.36. The van der Waals surface area contributed by atoms with Crippen LogP contribution in [0, 0.1) is 0 Å². The molecule has 0 radical (unpaired) electrons. The monoisotopic (exact) mass is 405 g/mol. The molecule has 28 heavy (non-hydrogen) atoms. The molecule has 2 aromatic rings. The number of hydrogen-bond acceptors (Lipinski definition) is 6. The lowest BCUT2D eigenvalue weighted by Gasteiger charge is -2.24. The number of nitrogens with one attached hydrogen (secondary N) is 3. The second-order valence-electron chi connectivity index (χ2n) is 8.10. The Morgan fingerprint density at radius 3 is 2.46 bits per heavy atom. The minimum atomic E-state index is 0.846. The van der Waals surface area contributed by atoms with Crippen LogP contribution in [0.15, 0.2) is 0 Å². The molecule has 3 aliphatic rings. The van der Waals surface area contributed by atoms with E-state index in [-0.39, 0.29) is 0 Å². The Morgan fingerprint density at radius 2 is 1.68 bits per heavy atom. The summed E-state index contributed by atoms with van der Waals surface area (Å²) >= 11 is 1.89. The Hall–Kier alpha value is -1.32. The number of aromatic nitrogens is 2. The molecule has 0 atom stereocenters. The minimum Gasteiger partial charge on any atom is -0.370 e. The van der Waals surface area contributed by atoms with Gasteiger partial charge in [-0.15, -0.1) is 11.3 Å². The van der Waals surface area contributed by atoms with Crippen molar-refractivity contribution in [3.8, 4) is 0 Å². The van der Waals surface area contributed by atoms with Crippen LogP contribution in [0.4, 0.5) is 5.82 Å². The number of nitrogens with zero attached hydrogens (tertiary/aromatic N) is 2. The van der Waals surface area contributed by atoms with Gasteiger partial charge >= 0.3 is 0 Å². The smallest absolute Gasteiger partial charge is 0.187 e. The van der Waals surface area contributed by atoms with Gasteiger partial charge in [-0.3, -0.25) is 0 Å². The fraction of sp³-hybridized carbons (Fsp3) is 0.700. The summed E-state index contributed by atoms with van der Waals surface area (Å²) in [6.45, 7) is 10.7. The molecule has 7 nitrogen and oxygen atoms in total. The summed E-state index contributed by atoms with van der Waals surface area (Å²) in [5, 5.41) is 4.99. The summed E-state index contributed by atoms with van der Waals surface area (Å²) in [5.41, 5.74) is 1.51. The van der Waals surface area contributed by atoms with Crippen LogP contribution in [-0.2, 0) is 28.9 Å². The van der Waals surface area contributed by atoms with Crippen LogP contribution in [0.5, 0.6) is 0 Å². The van der Waals surface area contributed by atoms with Gasteiger partial charge in [0.15, 0.2) is 5.82 Å². The van der Waals surface area contributed by atoms with E-state index in [4.69, 9.17) is 19.4 Å². The molecule has 152 valence electrons. The van der Waals surface area contributed by atoms with Crippen molar-refractivity contribution in [2.75, 3.05) is 71.0 Å². The average molecular weight is 406 g/mol. The molecule has 0 bridgehead atoms. The molecule has 8 heteroatoms. The van der Waals surface area contributed by atoms with Crippen molar-refractivity contribution in [2.45, 2.75) is 25.8 Å². The number of quaternary nitrogens is 2. The number of anilines is 1. The fourth-order valence-corrected chi connectivity index (χ4v) is 5.86. The van der Waals surface area contributed by atoms with Crippen molar-refractivity contribution in [3.05, 3.63) is 16.3 Å². The zero-order valence-electron chi connectivity index (χ0n) is 16.5. The minimum absolute atomic E-state index is 0.846. The highest BCUT2D eigenvalue weighted by molar-refractivity contribution is 7.19. The summed E-state index contributed by atoms with van der Waals surface area (Å²) < 4.78 is 11.0. The van der Waals surface area contributed by atoms with Crippen molar-refractivity contribution in [1.29, 1.82) is 0 Å². The van der Waals surface area contributed by atoms with E-state index in [1.165, 1.54) is 44.8 Å². The van der Waals surface area contributed by atoms with Gasteiger partial charge in [-0.2, -0.15) is 0 Å². The topological polar surface area (TPSA) is 65.2 Å². The van der Waals surface area contributed by atoms with Gasteiger partial charge in [-0.1, -0.05) is 0 Å². The molecule has 2 saturated heterocycles. The van der Waals surface area contributed by atoms with E-state index in [1.54, 1.807) is 4.90 Å². The second-order valence-corrected chi connectivity index (χ2v) is 9.19.